The zero-order chi connectivity index (χ0) is 14.7. The van der Waals surface area contributed by atoms with Gasteiger partial charge in [-0.1, -0.05) is 20.3 Å². The summed E-state index contributed by atoms with van der Waals surface area (Å²) in [5, 5.41) is 3.10. The molecule has 0 bridgehead atoms. The van der Waals surface area contributed by atoms with Crippen molar-refractivity contribution in [1.82, 2.24) is 10.2 Å². The van der Waals surface area contributed by atoms with Crippen LogP contribution in [0.15, 0.2) is 0 Å². The number of nitrogens with zero attached hydrogens (tertiary/aromatic N) is 1. The topological polar surface area (TPSA) is 41.6 Å². The Morgan fingerprint density at radius 1 is 1.21 bits per heavy atom. The maximum Gasteiger partial charge on any atom is 0.326 e. The van der Waals surface area contributed by atoms with Gasteiger partial charge in [0.1, 0.15) is 5.54 Å². The van der Waals surface area contributed by atoms with Crippen molar-refractivity contribution in [3.63, 3.8) is 0 Å². The summed E-state index contributed by atoms with van der Waals surface area (Å²) in [6.45, 7) is 11.9. The van der Waals surface area contributed by atoms with E-state index in [1.165, 1.54) is 12.8 Å². The molecule has 0 aliphatic rings. The molecule has 0 spiro atoms. The van der Waals surface area contributed by atoms with Gasteiger partial charge < -0.3 is 15.0 Å². The lowest BCUT2D eigenvalue weighted by atomic mass is 9.96. The van der Waals surface area contributed by atoms with Crippen LogP contribution in [0, 0.1) is 0 Å². The molecule has 0 aliphatic carbocycles. The van der Waals surface area contributed by atoms with Gasteiger partial charge >= 0.3 is 5.97 Å². The lowest BCUT2D eigenvalue weighted by Gasteiger charge is -2.28. The number of hydrogen-bond acceptors (Lipinski definition) is 4. The van der Waals surface area contributed by atoms with Gasteiger partial charge in [-0.25, -0.2) is 0 Å². The Morgan fingerprint density at radius 3 is 2.32 bits per heavy atom. The predicted molar refractivity (Wildman–Crippen MR) is 80.4 cm³/mol. The Balaban J connectivity index is 4.15. The van der Waals surface area contributed by atoms with Crippen molar-refractivity contribution >= 4 is 5.97 Å². The maximum atomic E-state index is 11.9. The van der Waals surface area contributed by atoms with Crippen LogP contribution in [0.4, 0.5) is 0 Å². The third-order valence-electron chi connectivity index (χ3n) is 3.70. The van der Waals surface area contributed by atoms with Gasteiger partial charge in [0.2, 0.25) is 0 Å². The third kappa shape index (κ3) is 6.92. The molecule has 0 saturated carbocycles. The molecule has 1 N–H and O–H groups in total. The van der Waals surface area contributed by atoms with Gasteiger partial charge in [-0.15, -0.1) is 0 Å². The smallest absolute Gasteiger partial charge is 0.326 e. The summed E-state index contributed by atoms with van der Waals surface area (Å²) in [5.41, 5.74) is -0.555. The molecule has 4 heteroatoms. The molecule has 1 atom stereocenters. The van der Waals surface area contributed by atoms with Gasteiger partial charge in [0.25, 0.3) is 0 Å². The molecule has 114 valence electrons. The van der Waals surface area contributed by atoms with Gasteiger partial charge in [-0.2, -0.15) is 0 Å². The molecule has 0 rings (SSSR count). The van der Waals surface area contributed by atoms with Crippen LogP contribution in [0.3, 0.4) is 0 Å². The van der Waals surface area contributed by atoms with Crippen LogP contribution >= 0.6 is 0 Å². The van der Waals surface area contributed by atoms with E-state index in [-0.39, 0.29) is 5.97 Å². The van der Waals surface area contributed by atoms with Crippen molar-refractivity contribution < 1.29 is 9.53 Å². The van der Waals surface area contributed by atoms with Crippen LogP contribution in [0.5, 0.6) is 0 Å². The summed E-state index contributed by atoms with van der Waals surface area (Å²) in [4.78, 5) is 14.4. The van der Waals surface area contributed by atoms with Crippen molar-refractivity contribution in [1.29, 1.82) is 0 Å². The first-order valence-electron chi connectivity index (χ1n) is 7.62. The van der Waals surface area contributed by atoms with E-state index in [1.807, 2.05) is 20.9 Å². The number of ether oxygens (including phenoxy) is 1. The van der Waals surface area contributed by atoms with E-state index < -0.39 is 5.54 Å². The van der Waals surface area contributed by atoms with Gasteiger partial charge in [0.15, 0.2) is 0 Å². The normalized spacial score (nSPS) is 14.4. The van der Waals surface area contributed by atoms with Crippen LogP contribution in [0.1, 0.15) is 53.4 Å². The van der Waals surface area contributed by atoms with Crippen molar-refractivity contribution in [3.05, 3.63) is 0 Å². The fourth-order valence-corrected chi connectivity index (χ4v) is 2.09. The van der Waals surface area contributed by atoms with E-state index in [4.69, 9.17) is 4.74 Å². The number of esters is 1. The van der Waals surface area contributed by atoms with Gasteiger partial charge in [0, 0.05) is 0 Å². The van der Waals surface area contributed by atoms with E-state index in [1.54, 1.807) is 0 Å². The van der Waals surface area contributed by atoms with Crippen molar-refractivity contribution in [2.24, 2.45) is 0 Å². The molecular weight excluding hydrogens is 240 g/mol. The molecule has 0 aromatic rings. The van der Waals surface area contributed by atoms with Crippen LogP contribution < -0.4 is 5.32 Å². The zero-order valence-corrected chi connectivity index (χ0v) is 13.4. The Bertz CT molecular complexity index is 246. The average Bonchev–Trinajstić information content (AvgIpc) is 2.42. The number of carbonyl (C=O) groups excluding carboxylic acids is 1. The second kappa shape index (κ2) is 10.2. The molecule has 0 aromatic heterocycles. The molecule has 0 saturated heterocycles. The predicted octanol–water partition coefficient (Wildman–Crippen LogP) is 2.43. The summed E-state index contributed by atoms with van der Waals surface area (Å²) in [6.07, 6.45) is 4.29. The Morgan fingerprint density at radius 2 is 1.84 bits per heavy atom. The van der Waals surface area contributed by atoms with Crippen molar-refractivity contribution in [2.45, 2.75) is 58.9 Å². The largest absolute Gasteiger partial charge is 0.465 e. The minimum Gasteiger partial charge on any atom is -0.465 e. The minimum absolute atomic E-state index is 0.144. The molecule has 0 aliphatic heterocycles. The van der Waals surface area contributed by atoms with E-state index >= 15 is 0 Å². The lowest BCUT2D eigenvalue weighted by Crippen LogP contribution is -2.49. The average molecular weight is 272 g/mol. The second-order valence-corrected chi connectivity index (χ2v) is 5.19. The van der Waals surface area contributed by atoms with Crippen LogP contribution in [-0.2, 0) is 9.53 Å². The maximum absolute atomic E-state index is 11.9. The first kappa shape index (κ1) is 18.4. The molecule has 0 heterocycles. The van der Waals surface area contributed by atoms with Crippen LogP contribution in [0.25, 0.3) is 0 Å². The number of likely N-dealkylation sites (N-methyl/N-ethyl adjacent to an activating group) is 1. The first-order chi connectivity index (χ1) is 9.03. The highest BCUT2D eigenvalue weighted by atomic mass is 16.5. The van der Waals surface area contributed by atoms with E-state index in [0.29, 0.717) is 6.61 Å². The second-order valence-electron chi connectivity index (χ2n) is 5.19. The SMILES string of the molecule is CCCCN(CC)CCCC(C)(NC)C(=O)OCC. The summed E-state index contributed by atoms with van der Waals surface area (Å²) in [7, 11) is 1.82. The molecule has 4 nitrogen and oxygen atoms in total. The number of unbranched alkanes of at least 4 members (excludes halogenated alkanes) is 1. The number of rotatable bonds is 11. The van der Waals surface area contributed by atoms with Crippen LogP contribution in [-0.4, -0.2) is 49.7 Å². The molecule has 19 heavy (non-hydrogen) atoms. The quantitative estimate of drug-likeness (QED) is 0.587. The highest BCUT2D eigenvalue weighted by Gasteiger charge is 2.32. The third-order valence-corrected chi connectivity index (χ3v) is 3.70. The summed E-state index contributed by atoms with van der Waals surface area (Å²) in [5.74, 6) is -0.144. The Kier molecular flexibility index (Phi) is 9.88. The van der Waals surface area contributed by atoms with Crippen molar-refractivity contribution in [3.8, 4) is 0 Å². The molecule has 0 aromatic carbocycles. The van der Waals surface area contributed by atoms with Gasteiger partial charge in [-0.3, -0.25) is 4.79 Å². The monoisotopic (exact) mass is 272 g/mol. The lowest BCUT2D eigenvalue weighted by molar-refractivity contribution is -0.150. The Hall–Kier alpha value is -0.610. The van der Waals surface area contributed by atoms with Crippen molar-refractivity contribution in [2.75, 3.05) is 33.3 Å². The van der Waals surface area contributed by atoms with E-state index in [9.17, 15) is 4.79 Å². The van der Waals surface area contributed by atoms with Crippen LogP contribution in [0.2, 0.25) is 0 Å². The zero-order valence-electron chi connectivity index (χ0n) is 13.4. The molecule has 0 amide bonds. The standard InChI is InChI=1S/C15H32N2O2/c1-6-9-12-17(7-2)13-10-11-15(4,16-5)14(18)19-8-3/h16H,6-13H2,1-5H3. The fraction of sp³-hybridized carbons (Fsp3) is 0.933. The number of carbonyl (C=O) groups is 1. The number of nitrogens with one attached hydrogen (secondary N) is 1. The molecule has 0 fully saturated rings. The summed E-state index contributed by atoms with van der Waals surface area (Å²) >= 11 is 0. The minimum atomic E-state index is -0.555. The molecular formula is C15H32N2O2. The van der Waals surface area contributed by atoms with E-state index in [2.05, 4.69) is 24.1 Å². The van der Waals surface area contributed by atoms with Gasteiger partial charge in [0.05, 0.1) is 6.61 Å². The molecule has 1 unspecified atom stereocenters. The summed E-state index contributed by atoms with van der Waals surface area (Å²) < 4.78 is 5.13. The highest BCUT2D eigenvalue weighted by Crippen LogP contribution is 2.15. The molecule has 0 radical (unpaired) electrons. The van der Waals surface area contributed by atoms with Gasteiger partial charge in [-0.05, 0) is 59.8 Å². The van der Waals surface area contributed by atoms with E-state index in [0.717, 1.165) is 32.5 Å². The highest BCUT2D eigenvalue weighted by molar-refractivity contribution is 5.80. The fourth-order valence-electron chi connectivity index (χ4n) is 2.09. The first-order valence-corrected chi connectivity index (χ1v) is 7.62. The summed E-state index contributed by atoms with van der Waals surface area (Å²) in [6, 6.07) is 0. The Labute approximate surface area is 118 Å². The number of hydrogen-bond donors (Lipinski definition) is 1.